The zero-order valence-electron chi connectivity index (χ0n) is 16.7. The first-order valence-corrected chi connectivity index (χ1v) is 11.2. The molecule has 0 bridgehead atoms. The first-order chi connectivity index (χ1) is 14.9. The van der Waals surface area contributed by atoms with E-state index in [0.29, 0.717) is 27.7 Å². The predicted molar refractivity (Wildman–Crippen MR) is 117 cm³/mol. The molecule has 7 nitrogen and oxygen atoms in total. The Hall–Kier alpha value is -3.83. The van der Waals surface area contributed by atoms with Crippen LogP contribution in [0.1, 0.15) is 21.5 Å². The highest BCUT2D eigenvalue weighted by Crippen LogP contribution is 2.30. The number of carbonyl (C=O) groups excluding carboxylic acids is 1. The van der Waals surface area contributed by atoms with Crippen LogP contribution < -0.4 is 9.46 Å². The van der Waals surface area contributed by atoms with Crippen LogP contribution in [0.3, 0.4) is 0 Å². The molecule has 2 heterocycles. The Morgan fingerprint density at radius 2 is 1.87 bits per heavy atom. The lowest BCUT2D eigenvalue weighted by molar-refractivity contribution is 0.0984. The first kappa shape index (κ1) is 20.4. The van der Waals surface area contributed by atoms with Crippen LogP contribution in [0.2, 0.25) is 0 Å². The molecule has 0 saturated carbocycles. The molecule has 0 radical (unpaired) electrons. The summed E-state index contributed by atoms with van der Waals surface area (Å²) in [6.07, 6.45) is 1.78. The summed E-state index contributed by atoms with van der Waals surface area (Å²) in [7, 11) is -3.90. The van der Waals surface area contributed by atoms with Crippen LogP contribution in [0.5, 0.6) is 5.75 Å². The van der Waals surface area contributed by atoms with Gasteiger partial charge in [0.25, 0.3) is 5.91 Å². The maximum atomic E-state index is 13.1. The molecule has 31 heavy (non-hydrogen) atoms. The fraction of sp³-hybridized carbons (Fsp3) is 0.130. The number of rotatable bonds is 6. The summed E-state index contributed by atoms with van der Waals surface area (Å²) >= 11 is 0. The quantitative estimate of drug-likeness (QED) is 0.501. The van der Waals surface area contributed by atoms with Gasteiger partial charge in [0.1, 0.15) is 11.8 Å². The van der Waals surface area contributed by atoms with E-state index >= 15 is 0 Å². The number of fused-ring (bicyclic) bond motifs is 3. The molecule has 0 aliphatic heterocycles. The number of aromatic nitrogens is 1. The normalized spacial score (nSPS) is 11.4. The summed E-state index contributed by atoms with van der Waals surface area (Å²) in [6.45, 7) is 1.82. The largest absolute Gasteiger partial charge is 0.479 e. The highest BCUT2D eigenvalue weighted by Gasteiger charge is 2.23. The van der Waals surface area contributed by atoms with Gasteiger partial charge in [0.05, 0.1) is 22.3 Å². The van der Waals surface area contributed by atoms with E-state index in [1.165, 1.54) is 0 Å². The third-order valence-corrected chi connectivity index (χ3v) is 6.08. The van der Waals surface area contributed by atoms with Crippen molar-refractivity contribution in [3.05, 3.63) is 83.6 Å². The van der Waals surface area contributed by atoms with Crippen molar-refractivity contribution >= 4 is 32.4 Å². The van der Waals surface area contributed by atoms with E-state index in [0.717, 1.165) is 5.56 Å². The second-order valence-corrected chi connectivity index (χ2v) is 8.85. The van der Waals surface area contributed by atoms with E-state index in [-0.39, 0.29) is 17.9 Å². The molecule has 0 atom stereocenters. The molecular weight excluding hydrogens is 414 g/mol. The molecule has 0 spiro atoms. The van der Waals surface area contributed by atoms with Gasteiger partial charge in [0, 0.05) is 17.6 Å². The van der Waals surface area contributed by atoms with Gasteiger partial charge in [-0.3, -0.25) is 4.79 Å². The van der Waals surface area contributed by atoms with Crippen molar-refractivity contribution in [1.82, 2.24) is 9.12 Å². The Bertz CT molecular complexity index is 1430. The topological polar surface area (TPSA) is 101 Å². The molecule has 0 fully saturated rings. The van der Waals surface area contributed by atoms with Gasteiger partial charge in [-0.25, -0.2) is 13.1 Å². The Morgan fingerprint density at radius 1 is 1.10 bits per heavy atom. The summed E-state index contributed by atoms with van der Waals surface area (Å²) in [5.41, 5.74) is 3.12. The number of pyridine rings is 1. The van der Waals surface area contributed by atoms with E-state index in [2.05, 4.69) is 4.72 Å². The number of hydrogen-bond donors (Lipinski definition) is 1. The number of aryl methyl sites for hydroxylation is 1. The Kier molecular flexibility index (Phi) is 5.36. The van der Waals surface area contributed by atoms with Gasteiger partial charge in [-0.05, 0) is 36.8 Å². The highest BCUT2D eigenvalue weighted by atomic mass is 32.2. The van der Waals surface area contributed by atoms with E-state index < -0.39 is 15.9 Å². The van der Waals surface area contributed by atoms with Gasteiger partial charge < -0.3 is 9.14 Å². The molecule has 0 unspecified atom stereocenters. The Balaban J connectivity index is 1.71. The third kappa shape index (κ3) is 4.22. The Labute approximate surface area is 179 Å². The zero-order chi connectivity index (χ0) is 22.0. The molecule has 156 valence electrons. The maximum absolute atomic E-state index is 13.1. The van der Waals surface area contributed by atoms with Gasteiger partial charge in [-0.2, -0.15) is 5.26 Å². The van der Waals surface area contributed by atoms with Crippen LogP contribution in [-0.2, 0) is 15.8 Å². The molecular formula is C23H19N3O4S. The van der Waals surface area contributed by atoms with E-state index in [4.69, 9.17) is 10.00 Å². The lowest BCUT2D eigenvalue weighted by atomic mass is 10.1. The van der Waals surface area contributed by atoms with Gasteiger partial charge in [-0.1, -0.05) is 35.9 Å². The van der Waals surface area contributed by atoms with Gasteiger partial charge in [-0.15, -0.1) is 0 Å². The first-order valence-electron chi connectivity index (χ1n) is 9.51. The minimum atomic E-state index is -3.90. The summed E-state index contributed by atoms with van der Waals surface area (Å²) in [5, 5.41) is 9.31. The van der Waals surface area contributed by atoms with Crippen molar-refractivity contribution < 1.29 is 17.9 Å². The summed E-state index contributed by atoms with van der Waals surface area (Å²) < 4.78 is 34.6. The van der Waals surface area contributed by atoms with Crippen molar-refractivity contribution in [3.63, 3.8) is 0 Å². The van der Waals surface area contributed by atoms with E-state index in [1.54, 1.807) is 53.1 Å². The van der Waals surface area contributed by atoms with Crippen LogP contribution in [0.25, 0.3) is 16.4 Å². The molecule has 1 N–H and O–H groups in total. The van der Waals surface area contributed by atoms with Crippen molar-refractivity contribution in [3.8, 4) is 11.8 Å². The molecule has 2 aromatic heterocycles. The molecule has 0 aliphatic carbocycles. The molecule has 1 amide bonds. The number of benzene rings is 2. The maximum Gasteiger partial charge on any atom is 0.267 e. The minimum absolute atomic E-state index is 0.0978. The fourth-order valence-electron chi connectivity index (χ4n) is 3.49. The second-order valence-electron chi connectivity index (χ2n) is 7.13. The lowest BCUT2D eigenvalue weighted by Crippen LogP contribution is -2.31. The molecule has 0 saturated heterocycles. The van der Waals surface area contributed by atoms with Crippen LogP contribution in [0.4, 0.5) is 0 Å². The van der Waals surface area contributed by atoms with Crippen molar-refractivity contribution in [1.29, 1.82) is 5.26 Å². The number of nitriles is 1. The van der Waals surface area contributed by atoms with Crippen molar-refractivity contribution in [2.45, 2.75) is 12.7 Å². The fourth-order valence-corrected chi connectivity index (χ4v) is 4.58. The summed E-state index contributed by atoms with van der Waals surface area (Å²) in [5.74, 6) is -0.512. The average molecular weight is 433 g/mol. The number of carbonyl (C=O) groups is 1. The van der Waals surface area contributed by atoms with Crippen LogP contribution in [0.15, 0.2) is 66.9 Å². The standard InChI is InChI=1S/C23H19N3O4S/c1-16-5-7-17(8-6-16)15-31(28,29)25-23(27)22-19-10-9-18(30-13-11-24)14-21(19)26-12-3-2-4-20(22)26/h2-10,12,14H,13,15H2,1H3,(H,25,27). The number of sulfonamides is 1. The monoisotopic (exact) mass is 433 g/mol. The third-order valence-electron chi connectivity index (χ3n) is 4.87. The Morgan fingerprint density at radius 3 is 2.61 bits per heavy atom. The van der Waals surface area contributed by atoms with Gasteiger partial charge >= 0.3 is 0 Å². The van der Waals surface area contributed by atoms with Gasteiger partial charge in [0.15, 0.2) is 6.61 Å². The lowest BCUT2D eigenvalue weighted by Gasteiger charge is -2.08. The molecule has 2 aromatic carbocycles. The van der Waals surface area contributed by atoms with Gasteiger partial charge in [0.2, 0.25) is 10.0 Å². The van der Waals surface area contributed by atoms with Crippen LogP contribution in [0, 0.1) is 18.3 Å². The number of nitrogens with zero attached hydrogens (tertiary/aromatic N) is 2. The van der Waals surface area contributed by atoms with E-state index in [9.17, 15) is 13.2 Å². The van der Waals surface area contributed by atoms with Crippen LogP contribution >= 0.6 is 0 Å². The zero-order valence-corrected chi connectivity index (χ0v) is 17.5. The number of nitrogens with one attached hydrogen (secondary N) is 1. The van der Waals surface area contributed by atoms with Crippen LogP contribution in [-0.4, -0.2) is 25.3 Å². The summed E-state index contributed by atoms with van der Waals surface area (Å²) in [6, 6.07) is 19.4. The second kappa shape index (κ2) is 8.13. The SMILES string of the molecule is Cc1ccc(CS(=O)(=O)NC(=O)c2c3ccc(OCC#N)cc3n3ccccc23)cc1. The van der Waals surface area contributed by atoms with E-state index in [1.807, 2.05) is 31.2 Å². The molecule has 0 aliphatic rings. The van der Waals surface area contributed by atoms with Crippen molar-refractivity contribution in [2.75, 3.05) is 6.61 Å². The summed E-state index contributed by atoms with van der Waals surface area (Å²) in [4.78, 5) is 13.1. The smallest absolute Gasteiger partial charge is 0.267 e. The number of hydrogen-bond acceptors (Lipinski definition) is 5. The molecule has 8 heteroatoms. The highest BCUT2D eigenvalue weighted by molar-refractivity contribution is 7.89. The minimum Gasteiger partial charge on any atom is -0.479 e. The number of amides is 1. The predicted octanol–water partition coefficient (Wildman–Crippen LogP) is 3.56. The number of ether oxygens (including phenoxy) is 1. The van der Waals surface area contributed by atoms with Crippen molar-refractivity contribution in [2.24, 2.45) is 0 Å². The molecule has 4 rings (SSSR count). The molecule has 4 aromatic rings. The average Bonchev–Trinajstić information content (AvgIpc) is 3.07.